The van der Waals surface area contributed by atoms with E-state index in [0.29, 0.717) is 23.4 Å². The first-order valence-corrected chi connectivity index (χ1v) is 4.80. The van der Waals surface area contributed by atoms with Gasteiger partial charge in [-0.3, -0.25) is 0 Å². The molecule has 0 spiro atoms. The van der Waals surface area contributed by atoms with Crippen LogP contribution in [0, 0.1) is 5.41 Å². The van der Waals surface area contributed by atoms with E-state index in [1.165, 1.54) is 0 Å². The first-order valence-electron chi connectivity index (χ1n) is 4.27. The summed E-state index contributed by atoms with van der Waals surface area (Å²) < 4.78 is 5.21. The van der Waals surface area contributed by atoms with Gasteiger partial charge in [0.15, 0.2) is 0 Å². The molecule has 1 aliphatic rings. The second-order valence-electron chi connectivity index (χ2n) is 4.02. The Morgan fingerprint density at radius 1 is 1.62 bits per heavy atom. The molecule has 1 aliphatic carbocycles. The topological polar surface area (TPSA) is 51.0 Å². The molecule has 1 heterocycles. The van der Waals surface area contributed by atoms with Gasteiger partial charge in [-0.05, 0) is 11.8 Å². The van der Waals surface area contributed by atoms with Gasteiger partial charge in [0, 0.05) is 6.04 Å². The molecule has 1 saturated carbocycles. The number of nitrogens with zero attached hydrogens (tertiary/aromatic N) is 2. The summed E-state index contributed by atoms with van der Waals surface area (Å²) in [4.78, 5) is 0. The highest BCUT2D eigenvalue weighted by Crippen LogP contribution is 2.46. The summed E-state index contributed by atoms with van der Waals surface area (Å²) in [6.07, 6.45) is 1.14. The summed E-state index contributed by atoms with van der Waals surface area (Å²) in [6, 6.07) is 0.933. The van der Waals surface area contributed by atoms with E-state index in [-0.39, 0.29) is 5.88 Å². The van der Waals surface area contributed by atoms with Gasteiger partial charge >= 0.3 is 6.01 Å². The molecular weight excluding hydrogens is 190 g/mol. The van der Waals surface area contributed by atoms with Crippen molar-refractivity contribution in [1.29, 1.82) is 0 Å². The summed E-state index contributed by atoms with van der Waals surface area (Å²) in [5.74, 6) is 0.727. The summed E-state index contributed by atoms with van der Waals surface area (Å²) >= 11 is 5.52. The minimum atomic E-state index is 0.267. The van der Waals surface area contributed by atoms with Crippen molar-refractivity contribution < 1.29 is 4.42 Å². The van der Waals surface area contributed by atoms with Gasteiger partial charge in [0.05, 0.1) is 0 Å². The van der Waals surface area contributed by atoms with E-state index in [1.54, 1.807) is 0 Å². The lowest BCUT2D eigenvalue weighted by atomic mass is 10.2. The molecule has 1 N–H and O–H groups in total. The summed E-state index contributed by atoms with van der Waals surface area (Å²) in [5, 5.41) is 10.7. The van der Waals surface area contributed by atoms with E-state index >= 15 is 0 Å². The highest BCUT2D eigenvalue weighted by Gasteiger charge is 2.46. The van der Waals surface area contributed by atoms with Crippen molar-refractivity contribution in [2.45, 2.75) is 32.2 Å². The molecule has 0 aromatic carbocycles. The predicted molar refractivity (Wildman–Crippen MR) is 49.7 cm³/mol. The van der Waals surface area contributed by atoms with Gasteiger partial charge in [-0.25, -0.2) is 0 Å². The Labute approximate surface area is 81.7 Å². The smallest absolute Gasteiger partial charge is 0.315 e. The molecule has 1 aromatic rings. The van der Waals surface area contributed by atoms with Crippen LogP contribution >= 0.6 is 11.6 Å². The standard InChI is InChI=1S/C8H12ClN3O/c1-8(2)3-5(8)10-7-12-11-6(4-9)13-7/h5H,3-4H2,1-2H3,(H,10,12). The average Bonchev–Trinajstić information content (AvgIpc) is 2.48. The lowest BCUT2D eigenvalue weighted by Crippen LogP contribution is -2.08. The van der Waals surface area contributed by atoms with Crippen molar-refractivity contribution in [1.82, 2.24) is 10.2 Å². The third kappa shape index (κ3) is 1.77. The van der Waals surface area contributed by atoms with Crippen molar-refractivity contribution >= 4 is 17.6 Å². The molecule has 1 aromatic heterocycles. The van der Waals surface area contributed by atoms with Crippen molar-refractivity contribution in [3.05, 3.63) is 5.89 Å². The molecule has 0 saturated heterocycles. The van der Waals surface area contributed by atoms with Crippen molar-refractivity contribution in [3.8, 4) is 0 Å². The molecule has 0 radical (unpaired) electrons. The normalized spacial score (nSPS) is 24.4. The van der Waals surface area contributed by atoms with Crippen molar-refractivity contribution in [2.24, 2.45) is 5.41 Å². The van der Waals surface area contributed by atoms with Gasteiger partial charge in [0.25, 0.3) is 0 Å². The Morgan fingerprint density at radius 2 is 2.31 bits per heavy atom. The van der Waals surface area contributed by atoms with E-state index < -0.39 is 0 Å². The lowest BCUT2D eigenvalue weighted by Gasteiger charge is -2.01. The van der Waals surface area contributed by atoms with Gasteiger partial charge < -0.3 is 9.73 Å². The van der Waals surface area contributed by atoms with Crippen LogP contribution in [0.1, 0.15) is 26.2 Å². The van der Waals surface area contributed by atoms with Crippen LogP contribution in [0.2, 0.25) is 0 Å². The second kappa shape index (κ2) is 2.87. The summed E-state index contributed by atoms with van der Waals surface area (Å²) in [5.41, 5.74) is 0.357. The quantitative estimate of drug-likeness (QED) is 0.761. The van der Waals surface area contributed by atoms with Crippen LogP contribution in [0.3, 0.4) is 0 Å². The van der Waals surface area contributed by atoms with Crippen molar-refractivity contribution in [3.63, 3.8) is 0 Å². The van der Waals surface area contributed by atoms with Gasteiger partial charge in [-0.15, -0.1) is 16.7 Å². The molecular formula is C8H12ClN3O. The lowest BCUT2D eigenvalue weighted by molar-refractivity contribution is 0.519. The fraction of sp³-hybridized carbons (Fsp3) is 0.750. The Kier molecular flexibility index (Phi) is 1.95. The van der Waals surface area contributed by atoms with Crippen LogP contribution in [0.25, 0.3) is 0 Å². The molecule has 5 heteroatoms. The molecule has 4 nitrogen and oxygen atoms in total. The van der Waals surface area contributed by atoms with Crippen LogP contribution in [-0.4, -0.2) is 16.2 Å². The largest absolute Gasteiger partial charge is 0.407 e. The van der Waals surface area contributed by atoms with Crippen LogP contribution in [-0.2, 0) is 5.88 Å². The Balaban J connectivity index is 1.96. The number of nitrogens with one attached hydrogen (secondary N) is 1. The van der Waals surface area contributed by atoms with E-state index in [0.717, 1.165) is 6.42 Å². The highest BCUT2D eigenvalue weighted by atomic mass is 35.5. The molecule has 0 amide bonds. The van der Waals surface area contributed by atoms with E-state index in [2.05, 4.69) is 29.4 Å². The molecule has 1 fully saturated rings. The SMILES string of the molecule is CC1(C)CC1Nc1nnc(CCl)o1. The van der Waals surface area contributed by atoms with E-state index in [9.17, 15) is 0 Å². The van der Waals surface area contributed by atoms with Crippen LogP contribution in [0.4, 0.5) is 6.01 Å². The number of halogens is 1. The number of alkyl halides is 1. The maximum absolute atomic E-state index is 5.52. The fourth-order valence-electron chi connectivity index (χ4n) is 1.23. The van der Waals surface area contributed by atoms with Crippen molar-refractivity contribution in [2.75, 3.05) is 5.32 Å². The van der Waals surface area contributed by atoms with Gasteiger partial charge in [0.1, 0.15) is 5.88 Å². The molecule has 0 bridgehead atoms. The average molecular weight is 202 g/mol. The highest BCUT2D eigenvalue weighted by molar-refractivity contribution is 6.16. The molecule has 1 atom stereocenters. The van der Waals surface area contributed by atoms with Gasteiger partial charge in [0.2, 0.25) is 5.89 Å². The monoisotopic (exact) mass is 201 g/mol. The summed E-state index contributed by atoms with van der Waals surface area (Å²) in [6.45, 7) is 4.40. The van der Waals surface area contributed by atoms with Gasteiger partial charge in [-0.1, -0.05) is 18.9 Å². The number of rotatable bonds is 3. The van der Waals surface area contributed by atoms with Gasteiger partial charge in [-0.2, -0.15) is 0 Å². The molecule has 1 unspecified atom stereocenters. The third-order valence-electron chi connectivity index (χ3n) is 2.39. The van der Waals surface area contributed by atoms with E-state index in [1.807, 2.05) is 0 Å². The molecule has 13 heavy (non-hydrogen) atoms. The number of hydrogen-bond donors (Lipinski definition) is 1. The molecule has 2 rings (SSSR count). The Hall–Kier alpha value is -0.770. The number of aromatic nitrogens is 2. The molecule has 72 valence electrons. The Morgan fingerprint density at radius 3 is 2.77 bits per heavy atom. The minimum Gasteiger partial charge on any atom is -0.407 e. The zero-order valence-electron chi connectivity index (χ0n) is 7.67. The predicted octanol–water partition coefficient (Wildman–Crippen LogP) is 2.02. The van der Waals surface area contributed by atoms with Crippen LogP contribution in [0.15, 0.2) is 4.42 Å². The zero-order chi connectivity index (χ0) is 9.47. The minimum absolute atomic E-state index is 0.267. The first kappa shape index (κ1) is 8.81. The fourth-order valence-corrected chi connectivity index (χ4v) is 1.34. The van der Waals surface area contributed by atoms with Crippen LogP contribution in [0.5, 0.6) is 0 Å². The third-order valence-corrected chi connectivity index (χ3v) is 2.62. The maximum Gasteiger partial charge on any atom is 0.315 e. The molecule has 0 aliphatic heterocycles. The number of hydrogen-bond acceptors (Lipinski definition) is 4. The Bertz CT molecular complexity index is 310. The maximum atomic E-state index is 5.52. The number of anilines is 1. The first-order chi connectivity index (χ1) is 6.12. The summed E-state index contributed by atoms with van der Waals surface area (Å²) in [7, 11) is 0. The van der Waals surface area contributed by atoms with Crippen LogP contribution < -0.4 is 5.32 Å². The van der Waals surface area contributed by atoms with E-state index in [4.69, 9.17) is 16.0 Å². The second-order valence-corrected chi connectivity index (χ2v) is 4.29. The zero-order valence-corrected chi connectivity index (χ0v) is 8.43.